The molecule has 0 radical (unpaired) electrons. The van der Waals surface area contributed by atoms with Gasteiger partial charge in [0, 0.05) is 63.8 Å². The van der Waals surface area contributed by atoms with Crippen LogP contribution in [0.5, 0.6) is 0 Å². The maximum atomic E-state index is 2.71. The highest BCUT2D eigenvalue weighted by atomic mass is 32.1. The first-order valence-electron chi connectivity index (χ1n) is 26.2. The van der Waals surface area contributed by atoms with Gasteiger partial charge in [0.1, 0.15) is 0 Å². The van der Waals surface area contributed by atoms with Crippen molar-refractivity contribution >= 4 is 116 Å². The fraction of sp³-hybridized carbons (Fsp3) is 0.303. The summed E-state index contributed by atoms with van der Waals surface area (Å²) in [6, 6.07) is 58.7. The average molecular weight is 978 g/mol. The van der Waals surface area contributed by atoms with Crippen LogP contribution >= 0.6 is 22.7 Å². The maximum Gasteiger partial charge on any atom is 0.277 e. The fourth-order valence-electron chi connectivity index (χ4n) is 12.0. The van der Waals surface area contributed by atoms with Gasteiger partial charge in [0.2, 0.25) is 0 Å². The molecule has 0 amide bonds. The van der Waals surface area contributed by atoms with Crippen molar-refractivity contribution in [2.75, 3.05) is 14.7 Å². The second-order valence-corrected chi connectivity index (χ2v) is 27.5. The molecule has 6 heteroatoms. The first-order valence-corrected chi connectivity index (χ1v) is 27.8. The molecular formula is C66H68BN3S2. The Hall–Kier alpha value is -6.08. The summed E-state index contributed by atoms with van der Waals surface area (Å²) in [7, 11) is 0. The largest absolute Gasteiger partial charge is 0.310 e. The van der Waals surface area contributed by atoms with E-state index in [0.29, 0.717) is 0 Å². The monoisotopic (exact) mass is 977 g/mol. The van der Waals surface area contributed by atoms with Crippen LogP contribution in [0.25, 0.3) is 20.2 Å². The Morgan fingerprint density at radius 2 is 0.875 bits per heavy atom. The van der Waals surface area contributed by atoms with Crippen LogP contribution in [0.4, 0.5) is 51.2 Å². The number of thiophene rings is 2. The van der Waals surface area contributed by atoms with Crippen LogP contribution in [0.1, 0.15) is 131 Å². The summed E-state index contributed by atoms with van der Waals surface area (Å²) in [5.41, 5.74) is 19.3. The lowest BCUT2D eigenvalue weighted by molar-refractivity contribution is 0.332. The van der Waals surface area contributed by atoms with E-state index in [1.54, 1.807) is 0 Å². The standard InChI is InChI=1S/C66H68BN3S2/c1-62(2,3)41-24-28-46(29-25-41)69-53-39-48(68(44-20-16-14-17-21-44)45-22-18-15-19-23-45)40-54-57(53)67(60-58(69)49-36-42(63(4,5)6)26-32-55(49)71-60)61-59(50-37-43(64(7,8)9)27-33-56(50)72-61)70(54)47-30-31-51-52(38-47)66(12,13)35-34-65(51,10)11/h14-33,36-40H,34-35H2,1-13H3. The number of hydrogen-bond acceptors (Lipinski definition) is 5. The summed E-state index contributed by atoms with van der Waals surface area (Å²) in [4.78, 5) is 7.84. The van der Waals surface area contributed by atoms with Crippen molar-refractivity contribution < 1.29 is 0 Å². The fourth-order valence-corrected chi connectivity index (χ4v) is 14.6. The van der Waals surface area contributed by atoms with Gasteiger partial charge in [-0.3, -0.25) is 0 Å². The Labute approximate surface area is 437 Å². The molecule has 0 fully saturated rings. The zero-order valence-electron chi connectivity index (χ0n) is 44.6. The normalized spacial score (nSPS) is 15.9. The van der Waals surface area contributed by atoms with Gasteiger partial charge in [-0.15, -0.1) is 22.7 Å². The van der Waals surface area contributed by atoms with E-state index in [2.05, 4.69) is 256 Å². The van der Waals surface area contributed by atoms with Crippen LogP contribution in [0.15, 0.2) is 152 Å². The molecule has 4 heterocycles. The van der Waals surface area contributed by atoms with Crippen LogP contribution in [0, 0.1) is 0 Å². The summed E-state index contributed by atoms with van der Waals surface area (Å²) in [6.45, 7) is 30.9. The van der Waals surface area contributed by atoms with E-state index in [1.807, 2.05) is 22.7 Å². The van der Waals surface area contributed by atoms with E-state index in [0.717, 1.165) is 23.5 Å². The van der Waals surface area contributed by atoms with Gasteiger partial charge in [-0.1, -0.05) is 157 Å². The Morgan fingerprint density at radius 1 is 0.444 bits per heavy atom. The summed E-state index contributed by atoms with van der Waals surface area (Å²) >= 11 is 4.01. The number of hydrogen-bond donors (Lipinski definition) is 0. The van der Waals surface area contributed by atoms with Crippen LogP contribution in [0.2, 0.25) is 0 Å². The zero-order valence-corrected chi connectivity index (χ0v) is 46.2. The second-order valence-electron chi connectivity index (χ2n) is 25.4. The predicted octanol–water partition coefficient (Wildman–Crippen LogP) is 17.9. The van der Waals surface area contributed by atoms with Crippen LogP contribution in [-0.4, -0.2) is 6.71 Å². The lowest BCUT2D eigenvalue weighted by atomic mass is 9.39. The molecule has 12 rings (SSSR count). The minimum atomic E-state index is -0.0225. The molecule has 0 N–H and O–H groups in total. The third kappa shape index (κ3) is 7.48. The molecule has 0 spiro atoms. The molecule has 362 valence electrons. The minimum absolute atomic E-state index is 0.0104. The van der Waals surface area contributed by atoms with Crippen molar-refractivity contribution in [2.45, 2.75) is 130 Å². The number of anilines is 9. The lowest BCUT2D eigenvalue weighted by Gasteiger charge is -2.45. The average Bonchev–Trinajstić information content (AvgIpc) is 3.91. The number of benzene rings is 7. The minimum Gasteiger partial charge on any atom is -0.310 e. The molecular weight excluding hydrogens is 910 g/mol. The van der Waals surface area contributed by atoms with Gasteiger partial charge in [-0.05, 0) is 158 Å². The topological polar surface area (TPSA) is 9.72 Å². The van der Waals surface area contributed by atoms with E-state index in [1.165, 1.54) is 104 Å². The van der Waals surface area contributed by atoms with Gasteiger partial charge < -0.3 is 14.7 Å². The maximum absolute atomic E-state index is 2.71. The highest BCUT2D eigenvalue weighted by molar-refractivity contribution is 7.40. The van der Waals surface area contributed by atoms with Gasteiger partial charge in [0.25, 0.3) is 6.71 Å². The molecule has 0 unspecified atom stereocenters. The molecule has 1 aliphatic carbocycles. The molecule has 3 aliphatic rings. The quantitative estimate of drug-likeness (QED) is 0.159. The Kier molecular flexibility index (Phi) is 10.6. The molecule has 2 aromatic heterocycles. The smallest absolute Gasteiger partial charge is 0.277 e. The van der Waals surface area contributed by atoms with Crippen molar-refractivity contribution in [1.29, 1.82) is 0 Å². The highest BCUT2D eigenvalue weighted by Gasteiger charge is 2.48. The molecule has 7 aromatic carbocycles. The van der Waals surface area contributed by atoms with Crippen LogP contribution in [0.3, 0.4) is 0 Å². The number of nitrogens with zero attached hydrogens (tertiary/aromatic N) is 3. The molecule has 0 atom stereocenters. The van der Waals surface area contributed by atoms with E-state index in [9.17, 15) is 0 Å². The molecule has 0 saturated carbocycles. The summed E-state index contributed by atoms with van der Waals surface area (Å²) in [5.74, 6) is 0. The van der Waals surface area contributed by atoms with Crippen molar-refractivity contribution in [2.24, 2.45) is 0 Å². The predicted molar refractivity (Wildman–Crippen MR) is 317 cm³/mol. The van der Waals surface area contributed by atoms with Gasteiger partial charge in [0.05, 0.1) is 17.1 Å². The van der Waals surface area contributed by atoms with Crippen molar-refractivity contribution in [1.82, 2.24) is 0 Å². The molecule has 9 aromatic rings. The second kappa shape index (κ2) is 16.2. The third-order valence-electron chi connectivity index (χ3n) is 16.3. The molecule has 3 nitrogen and oxygen atoms in total. The highest BCUT2D eigenvalue weighted by Crippen LogP contribution is 2.55. The summed E-state index contributed by atoms with van der Waals surface area (Å²) in [5, 5.41) is 2.65. The summed E-state index contributed by atoms with van der Waals surface area (Å²) in [6.07, 6.45) is 2.33. The number of fused-ring (bicyclic) bond motifs is 9. The molecule has 0 saturated heterocycles. The van der Waals surface area contributed by atoms with Crippen molar-refractivity contribution in [3.8, 4) is 0 Å². The molecule has 2 aliphatic heterocycles. The van der Waals surface area contributed by atoms with Gasteiger partial charge in [-0.25, -0.2) is 0 Å². The zero-order chi connectivity index (χ0) is 50.4. The first-order chi connectivity index (χ1) is 34.1. The summed E-state index contributed by atoms with van der Waals surface area (Å²) < 4.78 is 5.50. The SMILES string of the molecule is CC(C)(C)c1ccc(N2c3cc(N(c4ccccc4)c4ccccc4)cc4c3B(c3sc5ccc(C(C)(C)C)cc5c32)c2sc3ccc(C(C)(C)C)cc3c2N4c2ccc3c(c2)C(C)(C)CCC3(C)C)cc1. The van der Waals surface area contributed by atoms with Gasteiger partial charge in [0.15, 0.2) is 0 Å². The Balaban J connectivity index is 1.26. The van der Waals surface area contributed by atoms with E-state index in [4.69, 9.17) is 0 Å². The van der Waals surface area contributed by atoms with E-state index >= 15 is 0 Å². The van der Waals surface area contributed by atoms with Crippen LogP contribution in [-0.2, 0) is 27.1 Å². The lowest BCUT2D eigenvalue weighted by Crippen LogP contribution is -2.59. The van der Waals surface area contributed by atoms with E-state index in [-0.39, 0.29) is 33.8 Å². The Morgan fingerprint density at radius 3 is 1.35 bits per heavy atom. The van der Waals surface area contributed by atoms with Gasteiger partial charge >= 0.3 is 0 Å². The van der Waals surface area contributed by atoms with Crippen molar-refractivity contribution in [3.05, 3.63) is 179 Å². The van der Waals surface area contributed by atoms with Crippen LogP contribution < -0.4 is 29.7 Å². The van der Waals surface area contributed by atoms with Crippen molar-refractivity contribution in [3.63, 3.8) is 0 Å². The third-order valence-corrected chi connectivity index (χ3v) is 18.8. The number of para-hydroxylation sites is 2. The molecule has 0 bridgehead atoms. The number of rotatable bonds is 5. The Bertz CT molecular complexity index is 3560. The van der Waals surface area contributed by atoms with E-state index < -0.39 is 0 Å². The first kappa shape index (κ1) is 47.0. The van der Waals surface area contributed by atoms with Gasteiger partial charge in [-0.2, -0.15) is 0 Å². The molecule has 72 heavy (non-hydrogen) atoms.